The van der Waals surface area contributed by atoms with Crippen LogP contribution in [-0.2, 0) is 25.6 Å². The van der Waals surface area contributed by atoms with Crippen molar-refractivity contribution >= 4 is 23.7 Å². The lowest BCUT2D eigenvalue weighted by Gasteiger charge is -2.23. The van der Waals surface area contributed by atoms with Gasteiger partial charge >= 0.3 is 5.97 Å². The Morgan fingerprint density at radius 1 is 0.933 bits per heavy atom. The average Bonchev–Trinajstić information content (AvgIpc) is 2.68. The molecule has 0 bridgehead atoms. The van der Waals surface area contributed by atoms with Gasteiger partial charge in [-0.25, -0.2) is 4.79 Å². The van der Waals surface area contributed by atoms with E-state index in [1.165, 1.54) is 13.8 Å². The Hall–Kier alpha value is -3.02. The lowest BCUT2D eigenvalue weighted by Crippen LogP contribution is -2.57. The second-order valence-electron chi connectivity index (χ2n) is 6.86. The molecule has 0 radical (unpaired) electrons. The number of nitrogens with one attached hydrogen (secondary N) is 3. The van der Waals surface area contributed by atoms with Crippen LogP contribution < -0.4 is 21.7 Å². The summed E-state index contributed by atoms with van der Waals surface area (Å²) in [6.07, 6.45) is -2.41. The molecule has 0 aromatic heterocycles. The minimum Gasteiger partial charge on any atom is -0.480 e. The highest BCUT2D eigenvalue weighted by molar-refractivity contribution is 5.93. The van der Waals surface area contributed by atoms with E-state index in [0.717, 1.165) is 5.56 Å². The van der Waals surface area contributed by atoms with Crippen LogP contribution >= 0.6 is 0 Å². The van der Waals surface area contributed by atoms with Gasteiger partial charge < -0.3 is 37.0 Å². The van der Waals surface area contributed by atoms with Gasteiger partial charge in [0.2, 0.25) is 17.7 Å². The third-order valence-corrected chi connectivity index (χ3v) is 4.19. The molecule has 1 rings (SSSR count). The van der Waals surface area contributed by atoms with Gasteiger partial charge in [-0.15, -0.1) is 0 Å². The number of rotatable bonds is 11. The summed E-state index contributed by atoms with van der Waals surface area (Å²) in [6.45, 7) is 1.85. The van der Waals surface area contributed by atoms with E-state index >= 15 is 0 Å². The first-order valence-corrected chi connectivity index (χ1v) is 9.28. The van der Waals surface area contributed by atoms with Crippen molar-refractivity contribution in [3.05, 3.63) is 35.9 Å². The van der Waals surface area contributed by atoms with E-state index < -0.39 is 60.6 Å². The molecule has 5 atom stereocenters. The summed E-state index contributed by atoms with van der Waals surface area (Å²) in [5.41, 5.74) is 6.68. The van der Waals surface area contributed by atoms with Gasteiger partial charge in [0.1, 0.15) is 6.04 Å². The van der Waals surface area contributed by atoms with Crippen LogP contribution in [0, 0.1) is 0 Å². The van der Waals surface area contributed by atoms with Crippen LogP contribution in [0.15, 0.2) is 30.3 Å². The van der Waals surface area contributed by atoms with Crippen molar-refractivity contribution in [3.8, 4) is 0 Å². The second kappa shape index (κ2) is 11.9. The zero-order valence-corrected chi connectivity index (χ0v) is 16.7. The smallest absolute Gasteiger partial charge is 0.328 e. The molecule has 0 aliphatic carbocycles. The van der Waals surface area contributed by atoms with E-state index in [1.54, 1.807) is 24.3 Å². The van der Waals surface area contributed by atoms with Gasteiger partial charge in [0.25, 0.3) is 0 Å². The summed E-state index contributed by atoms with van der Waals surface area (Å²) in [5.74, 6) is -3.83. The molecule has 0 saturated carbocycles. The van der Waals surface area contributed by atoms with Gasteiger partial charge in [-0.2, -0.15) is 0 Å². The summed E-state index contributed by atoms with van der Waals surface area (Å²) in [7, 11) is 0. The SMILES string of the molecule is CC(O)C(NC(=O)CNC(=O)C(NC(=O)C(N)Cc1ccccc1)C(C)O)C(=O)O. The first-order chi connectivity index (χ1) is 14.0. The second-order valence-corrected chi connectivity index (χ2v) is 6.86. The Bertz CT molecular complexity index is 740. The molecule has 5 unspecified atom stereocenters. The summed E-state index contributed by atoms with van der Waals surface area (Å²) >= 11 is 0. The monoisotopic (exact) mass is 424 g/mol. The Balaban J connectivity index is 2.62. The van der Waals surface area contributed by atoms with Crippen LogP contribution in [0.4, 0.5) is 0 Å². The van der Waals surface area contributed by atoms with Crippen LogP contribution in [0.2, 0.25) is 0 Å². The number of hydrogen-bond donors (Lipinski definition) is 7. The molecule has 11 heteroatoms. The molecule has 166 valence electrons. The topological polar surface area (TPSA) is 191 Å². The summed E-state index contributed by atoms with van der Waals surface area (Å²) in [4.78, 5) is 47.4. The van der Waals surface area contributed by atoms with Crippen molar-refractivity contribution in [1.29, 1.82) is 0 Å². The van der Waals surface area contributed by atoms with Gasteiger partial charge in [0, 0.05) is 0 Å². The van der Waals surface area contributed by atoms with Gasteiger partial charge in [-0.05, 0) is 25.8 Å². The van der Waals surface area contributed by atoms with Crippen LogP contribution in [-0.4, -0.2) is 75.9 Å². The normalized spacial score (nSPS) is 15.8. The first-order valence-electron chi connectivity index (χ1n) is 9.28. The van der Waals surface area contributed by atoms with Crippen molar-refractivity contribution in [2.45, 2.75) is 50.6 Å². The molecular formula is C19H28N4O7. The Morgan fingerprint density at radius 2 is 1.50 bits per heavy atom. The predicted molar refractivity (Wildman–Crippen MR) is 106 cm³/mol. The minimum absolute atomic E-state index is 0.221. The number of aliphatic hydroxyl groups excluding tert-OH is 2. The highest BCUT2D eigenvalue weighted by Gasteiger charge is 2.29. The highest BCUT2D eigenvalue weighted by Crippen LogP contribution is 2.03. The van der Waals surface area contributed by atoms with Crippen LogP contribution in [0.5, 0.6) is 0 Å². The Morgan fingerprint density at radius 3 is 2.00 bits per heavy atom. The van der Waals surface area contributed by atoms with E-state index in [-0.39, 0.29) is 6.42 Å². The number of nitrogens with two attached hydrogens (primary N) is 1. The summed E-state index contributed by atoms with van der Waals surface area (Å²) in [5, 5.41) is 34.7. The third kappa shape index (κ3) is 8.15. The third-order valence-electron chi connectivity index (χ3n) is 4.19. The van der Waals surface area contributed by atoms with Crippen LogP contribution in [0.3, 0.4) is 0 Å². The van der Waals surface area contributed by atoms with Crippen molar-refractivity contribution in [3.63, 3.8) is 0 Å². The van der Waals surface area contributed by atoms with Crippen molar-refractivity contribution in [1.82, 2.24) is 16.0 Å². The van der Waals surface area contributed by atoms with E-state index in [0.29, 0.717) is 0 Å². The van der Waals surface area contributed by atoms with Crippen LogP contribution in [0.25, 0.3) is 0 Å². The van der Waals surface area contributed by atoms with Crippen LogP contribution in [0.1, 0.15) is 19.4 Å². The standard InChI is InChI=1S/C19H28N4O7/c1-10(24)15(23-17(27)13(20)8-12-6-4-3-5-7-12)18(28)21-9-14(26)22-16(11(2)25)19(29)30/h3-7,10-11,13,15-16,24-25H,8-9,20H2,1-2H3,(H,21,28)(H,22,26)(H,23,27)(H,29,30). The number of carbonyl (C=O) groups excluding carboxylic acids is 3. The largest absolute Gasteiger partial charge is 0.480 e. The molecule has 0 aliphatic heterocycles. The zero-order chi connectivity index (χ0) is 22.8. The molecule has 0 heterocycles. The van der Waals surface area contributed by atoms with E-state index in [2.05, 4.69) is 16.0 Å². The van der Waals surface area contributed by atoms with E-state index in [9.17, 15) is 29.4 Å². The molecule has 0 spiro atoms. The predicted octanol–water partition coefficient (Wildman–Crippen LogP) is -2.51. The number of benzene rings is 1. The van der Waals surface area contributed by atoms with E-state index in [4.69, 9.17) is 10.8 Å². The molecular weight excluding hydrogens is 396 g/mol. The molecule has 1 aromatic carbocycles. The number of carboxylic acid groups (broad SMARTS) is 1. The van der Waals surface area contributed by atoms with E-state index in [1.807, 2.05) is 6.07 Å². The molecule has 0 fully saturated rings. The molecule has 11 nitrogen and oxygen atoms in total. The first kappa shape index (κ1) is 25.0. The fourth-order valence-corrected chi connectivity index (χ4v) is 2.52. The molecule has 0 saturated heterocycles. The van der Waals surface area contributed by atoms with Gasteiger partial charge in [-0.3, -0.25) is 14.4 Å². The maximum absolute atomic E-state index is 12.3. The molecule has 30 heavy (non-hydrogen) atoms. The number of aliphatic hydroxyl groups is 2. The minimum atomic E-state index is -1.54. The maximum Gasteiger partial charge on any atom is 0.328 e. The van der Waals surface area contributed by atoms with Crippen molar-refractivity contribution in [2.75, 3.05) is 6.54 Å². The number of carbonyl (C=O) groups is 4. The average molecular weight is 424 g/mol. The molecule has 1 aromatic rings. The summed E-state index contributed by atoms with van der Waals surface area (Å²) < 4.78 is 0. The maximum atomic E-state index is 12.3. The Labute approximate surface area is 173 Å². The lowest BCUT2D eigenvalue weighted by molar-refractivity contribution is -0.144. The Kier molecular flexibility index (Phi) is 9.89. The number of aliphatic carboxylic acids is 1. The fraction of sp³-hybridized carbons (Fsp3) is 0.474. The molecule has 0 aliphatic rings. The molecule has 3 amide bonds. The van der Waals surface area contributed by atoms with Crippen molar-refractivity contribution in [2.24, 2.45) is 5.73 Å². The fourth-order valence-electron chi connectivity index (χ4n) is 2.52. The van der Waals surface area contributed by atoms with Gasteiger partial charge in [0.05, 0.1) is 24.8 Å². The van der Waals surface area contributed by atoms with Gasteiger partial charge in [-0.1, -0.05) is 30.3 Å². The highest BCUT2D eigenvalue weighted by atomic mass is 16.4. The zero-order valence-electron chi connectivity index (χ0n) is 16.7. The quantitative estimate of drug-likeness (QED) is 0.202. The summed E-state index contributed by atoms with van der Waals surface area (Å²) in [6, 6.07) is 5.11. The lowest BCUT2D eigenvalue weighted by atomic mass is 10.0. The van der Waals surface area contributed by atoms with Crippen molar-refractivity contribution < 1.29 is 34.5 Å². The molecule has 8 N–H and O–H groups in total. The number of carboxylic acids is 1. The number of amides is 3. The van der Waals surface area contributed by atoms with Gasteiger partial charge in [0.15, 0.2) is 6.04 Å². The number of hydrogen-bond acceptors (Lipinski definition) is 7.